The van der Waals surface area contributed by atoms with E-state index in [1.807, 2.05) is 0 Å². The van der Waals surface area contributed by atoms with E-state index in [-0.39, 0.29) is 0 Å². The van der Waals surface area contributed by atoms with Crippen LogP contribution in [0.4, 0.5) is 0 Å². The van der Waals surface area contributed by atoms with Gasteiger partial charge in [-0.1, -0.05) is 119 Å². The average molecular weight is 371 g/mol. The van der Waals surface area contributed by atoms with Crippen LogP contribution in [-0.2, 0) is 4.43 Å². The molecule has 0 bridgehead atoms. The van der Waals surface area contributed by atoms with Crippen molar-refractivity contribution in [3.63, 3.8) is 0 Å². The van der Waals surface area contributed by atoms with Crippen molar-refractivity contribution in [2.45, 2.75) is 142 Å². The number of unbranched alkanes of at least 4 members (excludes halogenated alkanes) is 6. The molecule has 0 aromatic rings. The molecule has 0 N–H and O–H groups in total. The summed E-state index contributed by atoms with van der Waals surface area (Å²) >= 11 is 0. The molecule has 0 aliphatic rings. The Hall–Kier alpha value is 0.177. The molecule has 1 nitrogen and oxygen atoms in total. The first-order valence-corrected chi connectivity index (χ1v) is 13.8. The van der Waals surface area contributed by atoms with Crippen molar-refractivity contribution in [3.05, 3.63) is 0 Å². The van der Waals surface area contributed by atoms with E-state index in [0.29, 0.717) is 0 Å². The quantitative estimate of drug-likeness (QED) is 0.183. The zero-order valence-electron chi connectivity index (χ0n) is 18.8. The molecule has 0 heterocycles. The average Bonchev–Trinajstić information content (AvgIpc) is 2.59. The minimum Gasteiger partial charge on any atom is -0.416 e. The number of hydrogen-bond acceptors (Lipinski definition) is 1. The van der Waals surface area contributed by atoms with E-state index < -0.39 is 8.32 Å². The molecule has 0 fully saturated rings. The van der Waals surface area contributed by atoms with Crippen molar-refractivity contribution in [3.8, 4) is 0 Å². The maximum absolute atomic E-state index is 6.85. The molecule has 0 aromatic heterocycles. The van der Waals surface area contributed by atoms with Gasteiger partial charge in [-0.3, -0.25) is 0 Å². The molecule has 0 saturated heterocycles. The molecule has 0 amide bonds. The van der Waals surface area contributed by atoms with Gasteiger partial charge in [0, 0.05) is 6.61 Å². The summed E-state index contributed by atoms with van der Waals surface area (Å²) in [5.74, 6) is 0. The summed E-state index contributed by atoms with van der Waals surface area (Å²) in [5, 5.41) is 0. The van der Waals surface area contributed by atoms with Gasteiger partial charge in [0.2, 0.25) is 8.32 Å². The second-order valence-electron chi connectivity index (χ2n) is 8.48. The summed E-state index contributed by atoms with van der Waals surface area (Å²) in [4.78, 5) is 0. The maximum atomic E-state index is 6.85. The Morgan fingerprint density at radius 1 is 0.560 bits per heavy atom. The predicted octanol–water partition coefficient (Wildman–Crippen LogP) is 8.88. The van der Waals surface area contributed by atoms with E-state index in [4.69, 9.17) is 4.43 Å². The Morgan fingerprint density at radius 3 is 1.12 bits per heavy atom. The van der Waals surface area contributed by atoms with Crippen LogP contribution in [0.2, 0.25) is 16.6 Å². The molecule has 0 aromatic carbocycles. The largest absolute Gasteiger partial charge is 0.416 e. The van der Waals surface area contributed by atoms with Crippen LogP contribution in [0.1, 0.15) is 126 Å². The van der Waals surface area contributed by atoms with Gasteiger partial charge < -0.3 is 4.43 Å². The highest BCUT2D eigenvalue weighted by Crippen LogP contribution is 2.48. The lowest BCUT2D eigenvalue weighted by atomic mass is 10.1. The van der Waals surface area contributed by atoms with Crippen molar-refractivity contribution >= 4 is 8.32 Å². The van der Waals surface area contributed by atoms with Gasteiger partial charge in [0.15, 0.2) is 0 Å². The fraction of sp³-hybridized carbons (Fsp3) is 1.00. The van der Waals surface area contributed by atoms with E-state index in [2.05, 4.69) is 48.5 Å². The predicted molar refractivity (Wildman–Crippen MR) is 118 cm³/mol. The van der Waals surface area contributed by atoms with Crippen molar-refractivity contribution in [1.82, 2.24) is 0 Å². The van der Waals surface area contributed by atoms with E-state index >= 15 is 0 Å². The molecule has 25 heavy (non-hydrogen) atoms. The molecule has 0 aliphatic heterocycles. The van der Waals surface area contributed by atoms with E-state index in [1.54, 1.807) is 0 Å². The van der Waals surface area contributed by atoms with Crippen LogP contribution in [0.3, 0.4) is 0 Å². The minimum atomic E-state index is -1.76. The minimum absolute atomic E-state index is 0.798. The lowest BCUT2D eigenvalue weighted by Crippen LogP contribution is -2.50. The van der Waals surface area contributed by atoms with Crippen LogP contribution in [0.25, 0.3) is 0 Å². The Bertz CT molecular complexity index is 251. The first-order chi connectivity index (χ1) is 12.0. The number of rotatable bonds is 17. The molecular formula is C23H50OSi. The van der Waals surface area contributed by atoms with Gasteiger partial charge in [0.1, 0.15) is 0 Å². The molecule has 152 valence electrons. The first kappa shape index (κ1) is 25.2. The Balaban J connectivity index is 5.26. The Morgan fingerprint density at radius 2 is 0.880 bits per heavy atom. The Kier molecular flexibility index (Phi) is 15.4. The first-order valence-electron chi connectivity index (χ1n) is 11.6. The topological polar surface area (TPSA) is 9.23 Å². The van der Waals surface area contributed by atoms with E-state index in [9.17, 15) is 0 Å². The van der Waals surface area contributed by atoms with E-state index in [0.717, 1.165) is 23.2 Å². The van der Waals surface area contributed by atoms with Crippen LogP contribution in [-0.4, -0.2) is 14.9 Å². The van der Waals surface area contributed by atoms with Crippen molar-refractivity contribution < 1.29 is 4.43 Å². The van der Waals surface area contributed by atoms with Gasteiger partial charge in [-0.05, 0) is 23.5 Å². The van der Waals surface area contributed by atoms with Gasteiger partial charge in [-0.25, -0.2) is 0 Å². The molecule has 2 heteroatoms. The lowest BCUT2D eigenvalue weighted by molar-refractivity contribution is 0.282. The molecule has 3 atom stereocenters. The second-order valence-corrected chi connectivity index (χ2v) is 13.4. The number of hydrogen-bond donors (Lipinski definition) is 0. The maximum Gasteiger partial charge on any atom is 0.201 e. The van der Waals surface area contributed by atoms with Crippen LogP contribution in [0, 0.1) is 0 Å². The molecule has 0 spiro atoms. The van der Waals surface area contributed by atoms with Gasteiger partial charge in [0.05, 0.1) is 0 Å². The standard InChI is InChI=1S/C23H50OSi/c1-8-12-15-18-21(5)25(24-11-4,22(6)19-16-13-9-2)23(7)20-17-14-10-3/h21-23H,8-20H2,1-7H3. The molecule has 3 unspecified atom stereocenters. The SMILES string of the molecule is CCCCCC(C)[Si](OCC)(C(C)CCCCC)C(C)CCCCC. The van der Waals surface area contributed by atoms with Gasteiger partial charge in [-0.15, -0.1) is 0 Å². The summed E-state index contributed by atoms with van der Waals surface area (Å²) in [7, 11) is -1.76. The lowest BCUT2D eigenvalue weighted by Gasteiger charge is -2.46. The van der Waals surface area contributed by atoms with Crippen LogP contribution in [0.15, 0.2) is 0 Å². The molecule has 0 rings (SSSR count). The van der Waals surface area contributed by atoms with Gasteiger partial charge >= 0.3 is 0 Å². The smallest absolute Gasteiger partial charge is 0.201 e. The van der Waals surface area contributed by atoms with Crippen LogP contribution >= 0.6 is 0 Å². The summed E-state index contributed by atoms with van der Waals surface area (Å²) in [5.41, 5.74) is 2.40. The zero-order valence-corrected chi connectivity index (χ0v) is 19.8. The third-order valence-electron chi connectivity index (χ3n) is 6.43. The van der Waals surface area contributed by atoms with Crippen molar-refractivity contribution in [2.75, 3.05) is 6.61 Å². The fourth-order valence-corrected chi connectivity index (χ4v) is 11.1. The van der Waals surface area contributed by atoms with E-state index in [1.165, 1.54) is 77.0 Å². The Labute approximate surface area is 161 Å². The third-order valence-corrected chi connectivity index (χ3v) is 12.7. The molecule has 0 radical (unpaired) electrons. The highest BCUT2D eigenvalue weighted by atomic mass is 28.4. The summed E-state index contributed by atoms with van der Waals surface area (Å²) < 4.78 is 6.85. The van der Waals surface area contributed by atoms with Crippen molar-refractivity contribution in [1.29, 1.82) is 0 Å². The molecule has 0 aliphatic carbocycles. The summed E-state index contributed by atoms with van der Waals surface area (Å²) in [6.45, 7) is 17.7. The zero-order chi connectivity index (χ0) is 19.1. The summed E-state index contributed by atoms with van der Waals surface area (Å²) in [6.07, 6.45) is 16.5. The fourth-order valence-electron chi connectivity index (χ4n) is 4.91. The van der Waals surface area contributed by atoms with Crippen molar-refractivity contribution in [2.24, 2.45) is 0 Å². The molecule has 0 saturated carbocycles. The normalized spacial score (nSPS) is 17.9. The monoisotopic (exact) mass is 370 g/mol. The van der Waals surface area contributed by atoms with Gasteiger partial charge in [-0.2, -0.15) is 0 Å². The second kappa shape index (κ2) is 15.3. The van der Waals surface area contributed by atoms with Gasteiger partial charge in [0.25, 0.3) is 0 Å². The highest BCUT2D eigenvalue weighted by molar-refractivity contribution is 6.77. The highest BCUT2D eigenvalue weighted by Gasteiger charge is 2.48. The van der Waals surface area contributed by atoms with Crippen LogP contribution in [0.5, 0.6) is 0 Å². The third kappa shape index (κ3) is 8.60. The molecular weight excluding hydrogens is 320 g/mol. The summed E-state index contributed by atoms with van der Waals surface area (Å²) in [6, 6.07) is 0. The van der Waals surface area contributed by atoms with Crippen LogP contribution < -0.4 is 0 Å².